The molecule has 60 valence electrons. The standard InChI is InChI=1S/C10H10N2/c1-2-5-9-8-11-10-6-3-4-7-12(9)10/h2-8H,1H3/b5-2+. The summed E-state index contributed by atoms with van der Waals surface area (Å²) >= 11 is 0. The van der Waals surface area contributed by atoms with Gasteiger partial charge in [-0.1, -0.05) is 12.1 Å². The highest BCUT2D eigenvalue weighted by molar-refractivity contribution is 5.51. The fourth-order valence-corrected chi connectivity index (χ4v) is 1.25. The van der Waals surface area contributed by atoms with Crippen LogP contribution in [0.15, 0.2) is 36.7 Å². The molecular weight excluding hydrogens is 148 g/mol. The highest BCUT2D eigenvalue weighted by Crippen LogP contribution is 2.06. The zero-order valence-corrected chi connectivity index (χ0v) is 6.94. The van der Waals surface area contributed by atoms with Crippen molar-refractivity contribution >= 4 is 11.7 Å². The summed E-state index contributed by atoms with van der Waals surface area (Å²) in [7, 11) is 0. The van der Waals surface area contributed by atoms with Crippen LogP contribution >= 0.6 is 0 Å². The van der Waals surface area contributed by atoms with E-state index in [1.54, 1.807) is 0 Å². The molecule has 2 heterocycles. The summed E-state index contributed by atoms with van der Waals surface area (Å²) in [6.45, 7) is 2.00. The fraction of sp³-hybridized carbons (Fsp3) is 0.100. The first-order valence-electron chi connectivity index (χ1n) is 3.96. The summed E-state index contributed by atoms with van der Waals surface area (Å²) in [5.74, 6) is 0. The van der Waals surface area contributed by atoms with Crippen LogP contribution in [-0.2, 0) is 0 Å². The van der Waals surface area contributed by atoms with Crippen LogP contribution in [-0.4, -0.2) is 9.38 Å². The van der Waals surface area contributed by atoms with Gasteiger partial charge in [0, 0.05) is 6.20 Å². The van der Waals surface area contributed by atoms with Gasteiger partial charge in [0.1, 0.15) is 5.65 Å². The van der Waals surface area contributed by atoms with Gasteiger partial charge in [0.2, 0.25) is 0 Å². The largest absolute Gasteiger partial charge is 0.300 e. The van der Waals surface area contributed by atoms with Crippen molar-refractivity contribution in [3.8, 4) is 0 Å². The molecule has 12 heavy (non-hydrogen) atoms. The van der Waals surface area contributed by atoms with Gasteiger partial charge in [-0.05, 0) is 25.1 Å². The second-order valence-electron chi connectivity index (χ2n) is 2.61. The van der Waals surface area contributed by atoms with E-state index < -0.39 is 0 Å². The van der Waals surface area contributed by atoms with Gasteiger partial charge >= 0.3 is 0 Å². The van der Waals surface area contributed by atoms with Crippen LogP contribution in [0.1, 0.15) is 12.6 Å². The van der Waals surface area contributed by atoms with Crippen LogP contribution in [0.5, 0.6) is 0 Å². The summed E-state index contributed by atoms with van der Waals surface area (Å²) in [4.78, 5) is 4.25. The van der Waals surface area contributed by atoms with Crippen LogP contribution in [0.3, 0.4) is 0 Å². The van der Waals surface area contributed by atoms with Crippen LogP contribution < -0.4 is 0 Å². The first-order chi connectivity index (χ1) is 5.92. The zero-order valence-electron chi connectivity index (χ0n) is 6.94. The van der Waals surface area contributed by atoms with Gasteiger partial charge < -0.3 is 4.40 Å². The van der Waals surface area contributed by atoms with Crippen LogP contribution in [0, 0.1) is 0 Å². The minimum absolute atomic E-state index is 0.991. The molecule has 0 unspecified atom stereocenters. The van der Waals surface area contributed by atoms with Crippen molar-refractivity contribution in [3.05, 3.63) is 42.4 Å². The first-order valence-corrected chi connectivity index (χ1v) is 3.96. The molecule has 0 saturated carbocycles. The number of rotatable bonds is 1. The van der Waals surface area contributed by atoms with Gasteiger partial charge in [0.15, 0.2) is 0 Å². The molecule has 0 atom stereocenters. The third-order valence-electron chi connectivity index (χ3n) is 1.78. The van der Waals surface area contributed by atoms with E-state index >= 15 is 0 Å². The molecule has 2 aromatic rings. The Kier molecular flexibility index (Phi) is 1.67. The van der Waals surface area contributed by atoms with Gasteiger partial charge in [0.25, 0.3) is 0 Å². The third kappa shape index (κ3) is 1.01. The fourth-order valence-electron chi connectivity index (χ4n) is 1.25. The number of nitrogens with zero attached hydrogens (tertiary/aromatic N) is 2. The summed E-state index contributed by atoms with van der Waals surface area (Å²) in [6, 6.07) is 5.98. The van der Waals surface area contributed by atoms with Crippen LogP contribution in [0.2, 0.25) is 0 Å². The lowest BCUT2D eigenvalue weighted by molar-refractivity contribution is 1.17. The van der Waals surface area contributed by atoms with Crippen LogP contribution in [0.4, 0.5) is 0 Å². The predicted octanol–water partition coefficient (Wildman–Crippen LogP) is 2.37. The molecule has 0 spiro atoms. The Labute approximate surface area is 71.2 Å². The molecule has 0 aliphatic heterocycles. The monoisotopic (exact) mass is 158 g/mol. The van der Waals surface area contributed by atoms with Crippen molar-refractivity contribution < 1.29 is 0 Å². The third-order valence-corrected chi connectivity index (χ3v) is 1.78. The Balaban J connectivity index is 2.70. The highest BCUT2D eigenvalue weighted by Gasteiger charge is 1.95. The molecule has 0 fully saturated rings. The molecule has 0 bridgehead atoms. The Morgan fingerprint density at radius 3 is 3.17 bits per heavy atom. The minimum Gasteiger partial charge on any atom is -0.300 e. The summed E-state index contributed by atoms with van der Waals surface area (Å²) in [6.07, 6.45) is 7.93. The predicted molar refractivity (Wildman–Crippen MR) is 49.9 cm³/mol. The SMILES string of the molecule is C/C=C/c1cnc2ccccn12. The molecule has 2 nitrogen and oxygen atoms in total. The van der Waals surface area contributed by atoms with Gasteiger partial charge in [-0.2, -0.15) is 0 Å². The van der Waals surface area contributed by atoms with Crippen molar-refractivity contribution in [2.75, 3.05) is 0 Å². The van der Waals surface area contributed by atoms with E-state index in [1.807, 2.05) is 49.7 Å². The molecular formula is C10H10N2. The van der Waals surface area contributed by atoms with E-state index in [0.717, 1.165) is 11.3 Å². The average Bonchev–Trinajstić information content (AvgIpc) is 2.50. The van der Waals surface area contributed by atoms with Crippen molar-refractivity contribution in [1.29, 1.82) is 0 Å². The van der Waals surface area contributed by atoms with Crippen molar-refractivity contribution in [2.45, 2.75) is 6.92 Å². The maximum Gasteiger partial charge on any atom is 0.137 e. The number of allylic oxidation sites excluding steroid dienone is 1. The molecule has 2 aromatic heterocycles. The van der Waals surface area contributed by atoms with Gasteiger partial charge in [-0.15, -0.1) is 0 Å². The number of aromatic nitrogens is 2. The highest BCUT2D eigenvalue weighted by atomic mass is 15.0. The molecule has 0 amide bonds. The quantitative estimate of drug-likeness (QED) is 0.622. The second kappa shape index (κ2) is 2.81. The average molecular weight is 158 g/mol. The van der Waals surface area contributed by atoms with E-state index in [9.17, 15) is 0 Å². The lowest BCUT2D eigenvalue weighted by atomic mass is 10.4. The summed E-state index contributed by atoms with van der Waals surface area (Å²) in [5, 5.41) is 0. The van der Waals surface area contributed by atoms with Gasteiger partial charge in [0.05, 0.1) is 11.9 Å². The lowest BCUT2D eigenvalue weighted by Gasteiger charge is -1.93. The molecule has 0 aromatic carbocycles. The maximum atomic E-state index is 4.25. The Hall–Kier alpha value is -1.57. The molecule has 0 aliphatic carbocycles. The first kappa shape index (κ1) is 7.10. The Bertz CT molecular complexity index is 412. The normalized spacial score (nSPS) is 11.4. The number of imidazole rings is 1. The second-order valence-corrected chi connectivity index (χ2v) is 2.61. The van der Waals surface area contributed by atoms with Crippen molar-refractivity contribution in [3.63, 3.8) is 0 Å². The maximum absolute atomic E-state index is 4.25. The van der Waals surface area contributed by atoms with Crippen molar-refractivity contribution in [1.82, 2.24) is 9.38 Å². The molecule has 2 heteroatoms. The molecule has 0 aliphatic rings. The van der Waals surface area contributed by atoms with Crippen LogP contribution in [0.25, 0.3) is 11.7 Å². The number of pyridine rings is 1. The minimum atomic E-state index is 0.991. The molecule has 0 radical (unpaired) electrons. The van der Waals surface area contributed by atoms with Gasteiger partial charge in [-0.25, -0.2) is 4.98 Å². The lowest BCUT2D eigenvalue weighted by Crippen LogP contribution is -1.84. The van der Waals surface area contributed by atoms with Crippen molar-refractivity contribution in [2.24, 2.45) is 0 Å². The number of hydrogen-bond donors (Lipinski definition) is 0. The van der Waals surface area contributed by atoms with E-state index in [0.29, 0.717) is 0 Å². The van der Waals surface area contributed by atoms with Gasteiger partial charge in [-0.3, -0.25) is 0 Å². The number of hydrogen-bond acceptors (Lipinski definition) is 1. The number of fused-ring (bicyclic) bond motifs is 1. The molecule has 2 rings (SSSR count). The van der Waals surface area contributed by atoms with E-state index in [1.165, 1.54) is 0 Å². The molecule has 0 N–H and O–H groups in total. The van der Waals surface area contributed by atoms with E-state index in [-0.39, 0.29) is 0 Å². The summed E-state index contributed by atoms with van der Waals surface area (Å²) < 4.78 is 2.06. The summed E-state index contributed by atoms with van der Waals surface area (Å²) in [5.41, 5.74) is 2.11. The Morgan fingerprint density at radius 1 is 1.42 bits per heavy atom. The Morgan fingerprint density at radius 2 is 2.33 bits per heavy atom. The topological polar surface area (TPSA) is 17.3 Å². The zero-order chi connectivity index (χ0) is 8.39. The van der Waals surface area contributed by atoms with E-state index in [2.05, 4.69) is 9.38 Å². The smallest absolute Gasteiger partial charge is 0.137 e. The van der Waals surface area contributed by atoms with E-state index in [4.69, 9.17) is 0 Å². The molecule has 0 saturated heterocycles.